The van der Waals surface area contributed by atoms with E-state index in [-0.39, 0.29) is 5.95 Å². The van der Waals surface area contributed by atoms with Crippen molar-refractivity contribution in [3.8, 4) is 11.4 Å². The summed E-state index contributed by atoms with van der Waals surface area (Å²) in [5.41, 5.74) is 8.08. The Labute approximate surface area is 126 Å². The highest BCUT2D eigenvalue weighted by Gasteiger charge is 2.19. The van der Waals surface area contributed by atoms with Crippen molar-refractivity contribution in [3.63, 3.8) is 0 Å². The van der Waals surface area contributed by atoms with Crippen LogP contribution in [0.4, 0.5) is 11.8 Å². The van der Waals surface area contributed by atoms with Crippen LogP contribution in [0.2, 0.25) is 0 Å². The van der Waals surface area contributed by atoms with E-state index in [2.05, 4.69) is 29.8 Å². The number of nitrogens with one attached hydrogen (secondary N) is 1. The van der Waals surface area contributed by atoms with Crippen molar-refractivity contribution in [1.82, 2.24) is 24.9 Å². The van der Waals surface area contributed by atoms with Crippen molar-refractivity contribution < 1.29 is 4.74 Å². The lowest BCUT2D eigenvalue weighted by Gasteiger charge is -2.27. The molecule has 1 fully saturated rings. The Morgan fingerprint density at radius 2 is 2.05 bits per heavy atom. The number of H-pyrrole nitrogens is 1. The van der Waals surface area contributed by atoms with Crippen LogP contribution in [-0.2, 0) is 4.74 Å². The van der Waals surface area contributed by atoms with Gasteiger partial charge in [0, 0.05) is 31.0 Å². The lowest BCUT2D eigenvalue weighted by molar-refractivity contribution is 0.122. The van der Waals surface area contributed by atoms with Crippen molar-refractivity contribution >= 4 is 22.9 Å². The molecule has 22 heavy (non-hydrogen) atoms. The smallest absolute Gasteiger partial charge is 0.224 e. The third kappa shape index (κ3) is 2.23. The summed E-state index contributed by atoms with van der Waals surface area (Å²) >= 11 is 0. The third-order valence-corrected chi connectivity index (χ3v) is 3.59. The molecule has 1 aliphatic rings. The number of aromatic nitrogens is 5. The fourth-order valence-corrected chi connectivity index (χ4v) is 2.54. The minimum atomic E-state index is 0.221. The van der Waals surface area contributed by atoms with Gasteiger partial charge in [0.05, 0.1) is 13.2 Å². The molecular formula is C14H15N7O. The van der Waals surface area contributed by atoms with Crippen LogP contribution in [0.3, 0.4) is 0 Å². The normalized spacial score (nSPS) is 15.4. The van der Waals surface area contributed by atoms with E-state index >= 15 is 0 Å². The molecular weight excluding hydrogens is 282 g/mol. The van der Waals surface area contributed by atoms with Gasteiger partial charge < -0.3 is 20.4 Å². The molecule has 4 heterocycles. The molecule has 0 bridgehead atoms. The van der Waals surface area contributed by atoms with E-state index in [1.165, 1.54) is 0 Å². The van der Waals surface area contributed by atoms with Gasteiger partial charge in [-0.1, -0.05) is 0 Å². The van der Waals surface area contributed by atoms with Gasteiger partial charge in [-0.25, -0.2) is 4.98 Å². The standard InChI is InChI=1S/C14H15N7O/c15-14-19-12-10(13(20-14)21-4-6-22-7-5-21)17-11(18-12)9-2-1-3-16-8-9/h1-3,8H,4-7H2,(H3,15,17,18,19,20). The molecule has 4 rings (SSSR count). The second kappa shape index (κ2) is 5.23. The number of morpholine rings is 1. The van der Waals surface area contributed by atoms with Crippen LogP contribution in [0.25, 0.3) is 22.6 Å². The Morgan fingerprint density at radius 3 is 2.82 bits per heavy atom. The van der Waals surface area contributed by atoms with Gasteiger partial charge in [-0.2, -0.15) is 9.97 Å². The summed E-state index contributed by atoms with van der Waals surface area (Å²) in [6.07, 6.45) is 3.48. The minimum absolute atomic E-state index is 0.221. The zero-order chi connectivity index (χ0) is 14.9. The van der Waals surface area contributed by atoms with E-state index in [4.69, 9.17) is 10.5 Å². The SMILES string of the molecule is Nc1nc(N2CCOCC2)c2[nH]c(-c3cccnc3)nc2n1. The summed E-state index contributed by atoms with van der Waals surface area (Å²) in [5, 5.41) is 0. The molecule has 0 radical (unpaired) electrons. The molecule has 0 unspecified atom stereocenters. The van der Waals surface area contributed by atoms with Gasteiger partial charge in [0.25, 0.3) is 0 Å². The van der Waals surface area contributed by atoms with Gasteiger partial charge in [0.15, 0.2) is 11.5 Å². The maximum Gasteiger partial charge on any atom is 0.224 e. The zero-order valence-corrected chi connectivity index (χ0v) is 11.9. The van der Waals surface area contributed by atoms with Crippen LogP contribution in [0, 0.1) is 0 Å². The Balaban J connectivity index is 1.84. The first-order valence-electron chi connectivity index (χ1n) is 7.07. The number of hydrogen-bond acceptors (Lipinski definition) is 7. The molecule has 8 nitrogen and oxygen atoms in total. The molecule has 3 N–H and O–H groups in total. The number of rotatable bonds is 2. The Morgan fingerprint density at radius 1 is 1.18 bits per heavy atom. The number of nitrogens with two attached hydrogens (primary N) is 1. The van der Waals surface area contributed by atoms with Crippen LogP contribution in [0.1, 0.15) is 0 Å². The number of imidazole rings is 1. The van der Waals surface area contributed by atoms with Gasteiger partial charge in [-0.3, -0.25) is 4.98 Å². The van der Waals surface area contributed by atoms with Crippen LogP contribution < -0.4 is 10.6 Å². The lowest BCUT2D eigenvalue weighted by atomic mass is 10.3. The van der Waals surface area contributed by atoms with Gasteiger partial charge in [-0.15, -0.1) is 0 Å². The van der Waals surface area contributed by atoms with Gasteiger partial charge in [0.1, 0.15) is 11.3 Å². The average Bonchev–Trinajstić information content (AvgIpc) is 2.99. The number of aromatic amines is 1. The molecule has 112 valence electrons. The molecule has 1 aliphatic heterocycles. The van der Waals surface area contributed by atoms with Gasteiger partial charge in [0.2, 0.25) is 5.95 Å². The van der Waals surface area contributed by atoms with Crippen LogP contribution in [-0.4, -0.2) is 51.2 Å². The molecule has 8 heteroatoms. The monoisotopic (exact) mass is 297 g/mol. The number of anilines is 2. The molecule has 0 atom stereocenters. The summed E-state index contributed by atoms with van der Waals surface area (Å²) in [6.45, 7) is 2.89. The quantitative estimate of drug-likeness (QED) is 0.721. The van der Waals surface area contributed by atoms with Crippen LogP contribution in [0.5, 0.6) is 0 Å². The maximum atomic E-state index is 5.83. The van der Waals surface area contributed by atoms with Gasteiger partial charge >= 0.3 is 0 Å². The molecule has 0 amide bonds. The molecule has 3 aromatic heterocycles. The minimum Gasteiger partial charge on any atom is -0.378 e. The van der Waals surface area contributed by atoms with E-state index in [9.17, 15) is 0 Å². The van der Waals surface area contributed by atoms with Crippen molar-refractivity contribution in [2.24, 2.45) is 0 Å². The first kappa shape index (κ1) is 13.0. The van der Waals surface area contributed by atoms with E-state index in [1.807, 2.05) is 12.1 Å². The van der Waals surface area contributed by atoms with Crippen LogP contribution >= 0.6 is 0 Å². The van der Waals surface area contributed by atoms with E-state index in [0.29, 0.717) is 24.7 Å². The largest absolute Gasteiger partial charge is 0.378 e. The Kier molecular flexibility index (Phi) is 3.08. The fourth-order valence-electron chi connectivity index (χ4n) is 2.54. The highest BCUT2D eigenvalue weighted by Crippen LogP contribution is 2.26. The number of pyridine rings is 1. The van der Waals surface area contributed by atoms with E-state index in [0.717, 1.165) is 30.0 Å². The third-order valence-electron chi connectivity index (χ3n) is 3.59. The summed E-state index contributed by atoms with van der Waals surface area (Å²) in [6, 6.07) is 3.81. The second-order valence-corrected chi connectivity index (χ2v) is 5.03. The topological polar surface area (TPSA) is 106 Å². The predicted octanol–water partition coefficient (Wildman–Crippen LogP) is 0.834. The zero-order valence-electron chi connectivity index (χ0n) is 11.9. The molecule has 0 spiro atoms. The van der Waals surface area contributed by atoms with Crippen molar-refractivity contribution in [3.05, 3.63) is 24.5 Å². The fraction of sp³-hybridized carbons (Fsp3) is 0.286. The molecule has 0 aliphatic carbocycles. The van der Waals surface area contributed by atoms with E-state index in [1.54, 1.807) is 12.4 Å². The molecule has 0 aromatic carbocycles. The Hall–Kier alpha value is -2.74. The number of fused-ring (bicyclic) bond motifs is 1. The summed E-state index contributed by atoms with van der Waals surface area (Å²) in [5.74, 6) is 1.70. The first-order chi connectivity index (χ1) is 10.8. The number of hydrogen-bond donors (Lipinski definition) is 2. The predicted molar refractivity (Wildman–Crippen MR) is 82.4 cm³/mol. The van der Waals surface area contributed by atoms with E-state index < -0.39 is 0 Å². The van der Waals surface area contributed by atoms with Crippen molar-refractivity contribution in [1.29, 1.82) is 0 Å². The highest BCUT2D eigenvalue weighted by molar-refractivity contribution is 5.87. The lowest BCUT2D eigenvalue weighted by Crippen LogP contribution is -2.37. The Bertz CT molecular complexity index is 796. The summed E-state index contributed by atoms with van der Waals surface area (Å²) in [4.78, 5) is 22.7. The van der Waals surface area contributed by atoms with Crippen molar-refractivity contribution in [2.45, 2.75) is 0 Å². The number of ether oxygens (including phenoxy) is 1. The van der Waals surface area contributed by atoms with Crippen molar-refractivity contribution in [2.75, 3.05) is 36.9 Å². The molecule has 3 aromatic rings. The maximum absolute atomic E-state index is 5.83. The molecule has 0 saturated carbocycles. The summed E-state index contributed by atoms with van der Waals surface area (Å²) < 4.78 is 5.39. The van der Waals surface area contributed by atoms with Crippen LogP contribution in [0.15, 0.2) is 24.5 Å². The first-order valence-corrected chi connectivity index (χ1v) is 7.07. The van der Waals surface area contributed by atoms with Gasteiger partial charge in [-0.05, 0) is 12.1 Å². The second-order valence-electron chi connectivity index (χ2n) is 5.03. The number of nitrogen functional groups attached to an aromatic ring is 1. The highest BCUT2D eigenvalue weighted by atomic mass is 16.5. The number of nitrogens with zero attached hydrogens (tertiary/aromatic N) is 5. The average molecular weight is 297 g/mol. The molecule has 1 saturated heterocycles. The summed E-state index contributed by atoms with van der Waals surface area (Å²) in [7, 11) is 0.